The van der Waals surface area contributed by atoms with Gasteiger partial charge in [-0.1, -0.05) is 11.6 Å². The van der Waals surface area contributed by atoms with Gasteiger partial charge in [0.1, 0.15) is 5.82 Å². The zero-order valence-corrected chi connectivity index (χ0v) is 9.33. The molecule has 0 bridgehead atoms. The van der Waals surface area contributed by atoms with Gasteiger partial charge >= 0.3 is 0 Å². The van der Waals surface area contributed by atoms with E-state index in [1.54, 1.807) is 0 Å². The number of rotatable bonds is 1. The van der Waals surface area contributed by atoms with Crippen LogP contribution in [0.4, 0.5) is 22.0 Å². The molecule has 0 aromatic heterocycles. The van der Waals surface area contributed by atoms with E-state index in [1.807, 2.05) is 0 Å². The van der Waals surface area contributed by atoms with Crippen molar-refractivity contribution in [1.29, 1.82) is 0 Å². The lowest BCUT2D eigenvalue weighted by Crippen LogP contribution is -1.99. The molecule has 0 N–H and O–H groups in total. The van der Waals surface area contributed by atoms with Gasteiger partial charge in [-0.3, -0.25) is 0 Å². The summed E-state index contributed by atoms with van der Waals surface area (Å²) in [6.45, 7) is 0. The highest BCUT2D eigenvalue weighted by molar-refractivity contribution is 6.30. The van der Waals surface area contributed by atoms with E-state index in [4.69, 9.17) is 11.6 Å². The first kappa shape index (κ1) is 12.8. The normalized spacial score (nSPS) is 10.8. The van der Waals surface area contributed by atoms with E-state index in [-0.39, 0.29) is 5.02 Å². The molecule has 18 heavy (non-hydrogen) atoms. The fourth-order valence-corrected chi connectivity index (χ4v) is 1.64. The van der Waals surface area contributed by atoms with Gasteiger partial charge in [0.2, 0.25) is 0 Å². The maximum absolute atomic E-state index is 13.5. The van der Waals surface area contributed by atoms with E-state index in [1.165, 1.54) is 6.07 Å². The lowest BCUT2D eigenvalue weighted by Gasteiger charge is -2.07. The van der Waals surface area contributed by atoms with E-state index in [9.17, 15) is 22.0 Å². The Balaban J connectivity index is 2.72. The van der Waals surface area contributed by atoms with Crippen molar-refractivity contribution in [1.82, 2.24) is 0 Å². The molecule has 0 saturated heterocycles. The predicted molar refractivity (Wildman–Crippen MR) is 56.7 cm³/mol. The molecule has 0 fully saturated rings. The summed E-state index contributed by atoms with van der Waals surface area (Å²) in [5.74, 6) is -8.15. The van der Waals surface area contributed by atoms with E-state index >= 15 is 0 Å². The van der Waals surface area contributed by atoms with Gasteiger partial charge in [0.25, 0.3) is 0 Å². The van der Waals surface area contributed by atoms with Crippen LogP contribution < -0.4 is 0 Å². The second kappa shape index (κ2) is 4.57. The Kier molecular flexibility index (Phi) is 3.26. The molecule has 0 saturated carbocycles. The molecule has 0 aliphatic rings. The molecule has 2 aromatic rings. The Labute approximate surface area is 104 Å². The summed E-state index contributed by atoms with van der Waals surface area (Å²) < 4.78 is 65.7. The predicted octanol–water partition coefficient (Wildman–Crippen LogP) is 4.70. The third-order valence-electron chi connectivity index (χ3n) is 2.32. The van der Waals surface area contributed by atoms with Crippen molar-refractivity contribution >= 4 is 11.6 Å². The van der Waals surface area contributed by atoms with Gasteiger partial charge in [0, 0.05) is 16.1 Å². The third-order valence-corrected chi connectivity index (χ3v) is 2.56. The maximum Gasteiger partial charge on any atom is 0.198 e. The van der Waals surface area contributed by atoms with Crippen LogP contribution in [0.15, 0.2) is 24.3 Å². The Hall–Kier alpha value is -1.62. The fourth-order valence-electron chi connectivity index (χ4n) is 1.48. The smallest absolute Gasteiger partial charge is 0.198 e. The van der Waals surface area contributed by atoms with Crippen LogP contribution >= 0.6 is 11.6 Å². The van der Waals surface area contributed by atoms with Gasteiger partial charge < -0.3 is 0 Å². The Bertz CT molecular complexity index is 624. The molecule has 0 amide bonds. The summed E-state index contributed by atoms with van der Waals surface area (Å²) in [4.78, 5) is 0. The van der Waals surface area contributed by atoms with Crippen molar-refractivity contribution in [2.45, 2.75) is 0 Å². The first-order valence-corrected chi connectivity index (χ1v) is 5.08. The van der Waals surface area contributed by atoms with Crippen LogP contribution in [0.5, 0.6) is 0 Å². The Morgan fingerprint density at radius 1 is 0.667 bits per heavy atom. The number of hydrogen-bond donors (Lipinski definition) is 0. The largest absolute Gasteiger partial charge is 0.206 e. The lowest BCUT2D eigenvalue weighted by atomic mass is 10.0. The highest BCUT2D eigenvalue weighted by Crippen LogP contribution is 2.30. The molecule has 94 valence electrons. The minimum absolute atomic E-state index is 0.0414. The average Bonchev–Trinajstić information content (AvgIpc) is 2.32. The van der Waals surface area contributed by atoms with Crippen molar-refractivity contribution in [3.05, 3.63) is 58.4 Å². The van der Waals surface area contributed by atoms with Crippen molar-refractivity contribution in [3.8, 4) is 11.1 Å². The molecular formula is C12H4ClF5. The molecule has 0 heterocycles. The minimum atomic E-state index is -1.99. The van der Waals surface area contributed by atoms with Crippen LogP contribution in [0.1, 0.15) is 0 Å². The molecule has 2 aromatic carbocycles. The van der Waals surface area contributed by atoms with E-state index in [2.05, 4.69) is 0 Å². The summed E-state index contributed by atoms with van der Waals surface area (Å²) in [6.07, 6.45) is 0. The quantitative estimate of drug-likeness (QED) is 0.403. The molecule has 2 rings (SSSR count). The number of hydrogen-bond acceptors (Lipinski definition) is 0. The molecule has 0 atom stereocenters. The average molecular weight is 279 g/mol. The summed E-state index contributed by atoms with van der Waals surface area (Å²) in [5, 5.41) is 0.0414. The maximum atomic E-state index is 13.5. The molecule has 0 aliphatic heterocycles. The highest BCUT2D eigenvalue weighted by atomic mass is 35.5. The van der Waals surface area contributed by atoms with Gasteiger partial charge in [0.15, 0.2) is 23.3 Å². The molecular weight excluding hydrogens is 275 g/mol. The standard InChI is InChI=1S/C12H4ClF5/c13-5-1-2-6(8(14)3-5)7-4-9(15)11(17)12(18)10(7)16/h1-4H. The molecule has 6 heteroatoms. The van der Waals surface area contributed by atoms with Crippen molar-refractivity contribution < 1.29 is 22.0 Å². The lowest BCUT2D eigenvalue weighted by molar-refractivity contribution is 0.410. The second-order valence-corrected chi connectivity index (χ2v) is 3.91. The van der Waals surface area contributed by atoms with Gasteiger partial charge in [0.05, 0.1) is 0 Å². The second-order valence-electron chi connectivity index (χ2n) is 3.47. The summed E-state index contributed by atoms with van der Waals surface area (Å²) in [5.41, 5.74) is -1.12. The SMILES string of the molecule is Fc1cc(Cl)ccc1-c1cc(F)c(F)c(F)c1F. The van der Waals surface area contributed by atoms with Crippen LogP contribution in [0.3, 0.4) is 0 Å². The van der Waals surface area contributed by atoms with Gasteiger partial charge in [-0.15, -0.1) is 0 Å². The number of halogens is 6. The van der Waals surface area contributed by atoms with Gasteiger partial charge in [-0.2, -0.15) is 0 Å². The monoisotopic (exact) mass is 278 g/mol. The van der Waals surface area contributed by atoms with Crippen LogP contribution in [0, 0.1) is 29.1 Å². The number of benzene rings is 2. The third kappa shape index (κ3) is 2.06. The summed E-state index contributed by atoms with van der Waals surface area (Å²) in [6, 6.07) is 3.51. The molecule has 0 unspecified atom stereocenters. The molecule has 0 spiro atoms. The zero-order chi connectivity index (χ0) is 13.4. The van der Waals surface area contributed by atoms with Gasteiger partial charge in [-0.05, 0) is 24.3 Å². The first-order valence-electron chi connectivity index (χ1n) is 4.70. The summed E-state index contributed by atoms with van der Waals surface area (Å²) >= 11 is 5.49. The summed E-state index contributed by atoms with van der Waals surface area (Å²) in [7, 11) is 0. The van der Waals surface area contributed by atoms with Gasteiger partial charge in [-0.25, -0.2) is 22.0 Å². The van der Waals surface area contributed by atoms with Crippen LogP contribution in [-0.2, 0) is 0 Å². The van der Waals surface area contributed by atoms with Crippen LogP contribution in [-0.4, -0.2) is 0 Å². The fraction of sp³-hybridized carbons (Fsp3) is 0. The molecule has 0 aliphatic carbocycles. The molecule has 0 nitrogen and oxygen atoms in total. The van der Waals surface area contributed by atoms with E-state index in [0.29, 0.717) is 6.07 Å². The Morgan fingerprint density at radius 3 is 1.94 bits per heavy atom. The van der Waals surface area contributed by atoms with Crippen molar-refractivity contribution in [3.63, 3.8) is 0 Å². The molecule has 0 radical (unpaired) electrons. The van der Waals surface area contributed by atoms with E-state index < -0.39 is 40.2 Å². The van der Waals surface area contributed by atoms with Crippen molar-refractivity contribution in [2.75, 3.05) is 0 Å². The topological polar surface area (TPSA) is 0 Å². The van der Waals surface area contributed by atoms with Crippen LogP contribution in [0.25, 0.3) is 11.1 Å². The highest BCUT2D eigenvalue weighted by Gasteiger charge is 2.21. The van der Waals surface area contributed by atoms with Crippen molar-refractivity contribution in [2.24, 2.45) is 0 Å². The van der Waals surface area contributed by atoms with Crippen LogP contribution in [0.2, 0.25) is 5.02 Å². The Morgan fingerprint density at radius 2 is 1.33 bits per heavy atom. The minimum Gasteiger partial charge on any atom is -0.206 e. The van der Waals surface area contributed by atoms with E-state index in [0.717, 1.165) is 12.1 Å². The zero-order valence-electron chi connectivity index (χ0n) is 8.58. The first-order chi connectivity index (χ1) is 8.41.